The maximum atomic E-state index is 6.02. The second kappa shape index (κ2) is 5.45. The van der Waals surface area contributed by atoms with Crippen LogP contribution in [0.2, 0.25) is 0 Å². The molecule has 1 aliphatic rings. The molecular formula is C17H19NO. The summed E-state index contributed by atoms with van der Waals surface area (Å²) in [6, 6.07) is 18.7. The molecule has 0 bridgehead atoms. The third kappa shape index (κ3) is 3.15. The van der Waals surface area contributed by atoms with Crippen molar-refractivity contribution in [2.75, 3.05) is 6.61 Å². The van der Waals surface area contributed by atoms with E-state index < -0.39 is 0 Å². The molecule has 2 aromatic carbocycles. The van der Waals surface area contributed by atoms with E-state index in [0.717, 1.165) is 5.75 Å². The Morgan fingerprint density at radius 1 is 0.947 bits per heavy atom. The molecule has 0 amide bonds. The van der Waals surface area contributed by atoms with Crippen molar-refractivity contribution in [1.82, 2.24) is 0 Å². The van der Waals surface area contributed by atoms with Crippen molar-refractivity contribution in [2.45, 2.75) is 18.9 Å². The van der Waals surface area contributed by atoms with Crippen LogP contribution in [0.4, 0.5) is 0 Å². The molecule has 19 heavy (non-hydrogen) atoms. The minimum absolute atomic E-state index is 0.189. The van der Waals surface area contributed by atoms with Gasteiger partial charge in [0.2, 0.25) is 0 Å². The number of benzene rings is 2. The van der Waals surface area contributed by atoms with Gasteiger partial charge in [0.25, 0.3) is 0 Å². The molecule has 0 aromatic heterocycles. The van der Waals surface area contributed by atoms with Gasteiger partial charge in [0.15, 0.2) is 0 Å². The molecule has 98 valence electrons. The first-order valence-electron chi connectivity index (χ1n) is 6.87. The minimum atomic E-state index is 0.189. The molecule has 3 rings (SSSR count). The average Bonchev–Trinajstić information content (AvgIpc) is 3.31. The zero-order chi connectivity index (χ0) is 13.1. The molecule has 0 heterocycles. The quantitative estimate of drug-likeness (QED) is 0.885. The van der Waals surface area contributed by atoms with Crippen LogP contribution in [-0.2, 0) is 0 Å². The van der Waals surface area contributed by atoms with Gasteiger partial charge in [-0.2, -0.15) is 0 Å². The number of hydrogen-bond acceptors (Lipinski definition) is 2. The minimum Gasteiger partial charge on any atom is -0.492 e. The van der Waals surface area contributed by atoms with Crippen LogP contribution in [0.15, 0.2) is 54.6 Å². The van der Waals surface area contributed by atoms with E-state index in [1.807, 2.05) is 18.2 Å². The van der Waals surface area contributed by atoms with Crippen molar-refractivity contribution < 1.29 is 4.74 Å². The Balaban J connectivity index is 1.62. The lowest BCUT2D eigenvalue weighted by molar-refractivity contribution is 0.276. The summed E-state index contributed by atoms with van der Waals surface area (Å²) in [5.41, 5.74) is 8.46. The summed E-state index contributed by atoms with van der Waals surface area (Å²) in [4.78, 5) is 0. The number of rotatable bonds is 5. The lowest BCUT2D eigenvalue weighted by Crippen LogP contribution is -2.29. The molecule has 1 atom stereocenters. The molecule has 2 aromatic rings. The molecule has 2 N–H and O–H groups in total. The van der Waals surface area contributed by atoms with Gasteiger partial charge in [-0.1, -0.05) is 42.5 Å². The molecule has 1 aliphatic carbocycles. The predicted octanol–water partition coefficient (Wildman–Crippen LogP) is 3.47. The van der Waals surface area contributed by atoms with Gasteiger partial charge in [0.1, 0.15) is 12.4 Å². The Kier molecular flexibility index (Phi) is 3.51. The van der Waals surface area contributed by atoms with Crippen molar-refractivity contribution in [2.24, 2.45) is 11.7 Å². The van der Waals surface area contributed by atoms with Gasteiger partial charge in [-0.25, -0.2) is 0 Å². The Morgan fingerprint density at radius 3 is 2.21 bits per heavy atom. The van der Waals surface area contributed by atoms with Gasteiger partial charge in [0.05, 0.1) is 0 Å². The first-order valence-corrected chi connectivity index (χ1v) is 6.87. The SMILES string of the molecule is N[C@H](COc1ccc(-c2ccccc2)cc1)C1CC1. The third-order valence-corrected chi connectivity index (χ3v) is 3.63. The standard InChI is InChI=1S/C17H19NO/c18-17(15-6-7-15)12-19-16-10-8-14(9-11-16)13-4-2-1-3-5-13/h1-5,8-11,15,17H,6-7,12,18H2/t17-/m1/s1. The zero-order valence-corrected chi connectivity index (χ0v) is 11.0. The normalized spacial score (nSPS) is 16.1. The molecule has 0 saturated heterocycles. The number of ether oxygens (including phenoxy) is 1. The topological polar surface area (TPSA) is 35.2 Å². The number of hydrogen-bond donors (Lipinski definition) is 1. The second-order valence-corrected chi connectivity index (χ2v) is 5.20. The van der Waals surface area contributed by atoms with E-state index in [1.165, 1.54) is 24.0 Å². The third-order valence-electron chi connectivity index (χ3n) is 3.63. The molecule has 2 nitrogen and oxygen atoms in total. The van der Waals surface area contributed by atoms with E-state index in [-0.39, 0.29) is 6.04 Å². The first-order chi connectivity index (χ1) is 9.33. The van der Waals surface area contributed by atoms with Gasteiger partial charge >= 0.3 is 0 Å². The van der Waals surface area contributed by atoms with Gasteiger partial charge in [-0.15, -0.1) is 0 Å². The van der Waals surface area contributed by atoms with Crippen LogP contribution in [0, 0.1) is 5.92 Å². The van der Waals surface area contributed by atoms with Crippen LogP contribution in [0.25, 0.3) is 11.1 Å². The highest BCUT2D eigenvalue weighted by Gasteiger charge is 2.28. The van der Waals surface area contributed by atoms with E-state index in [4.69, 9.17) is 10.5 Å². The van der Waals surface area contributed by atoms with E-state index in [9.17, 15) is 0 Å². The smallest absolute Gasteiger partial charge is 0.119 e. The van der Waals surface area contributed by atoms with Crippen molar-refractivity contribution in [3.63, 3.8) is 0 Å². The lowest BCUT2D eigenvalue weighted by atomic mass is 10.1. The highest BCUT2D eigenvalue weighted by atomic mass is 16.5. The zero-order valence-electron chi connectivity index (χ0n) is 11.0. The second-order valence-electron chi connectivity index (χ2n) is 5.20. The van der Waals surface area contributed by atoms with Crippen molar-refractivity contribution >= 4 is 0 Å². The van der Waals surface area contributed by atoms with Crippen LogP contribution in [-0.4, -0.2) is 12.6 Å². The molecule has 0 aliphatic heterocycles. The van der Waals surface area contributed by atoms with Crippen molar-refractivity contribution in [3.8, 4) is 16.9 Å². The molecule has 2 heteroatoms. The van der Waals surface area contributed by atoms with Gasteiger partial charge in [0, 0.05) is 6.04 Å². The Labute approximate surface area is 114 Å². The van der Waals surface area contributed by atoms with Gasteiger partial charge < -0.3 is 10.5 Å². The van der Waals surface area contributed by atoms with Gasteiger partial charge in [-0.05, 0) is 42.0 Å². The van der Waals surface area contributed by atoms with Crippen LogP contribution >= 0.6 is 0 Å². The van der Waals surface area contributed by atoms with E-state index in [1.54, 1.807) is 0 Å². The van der Waals surface area contributed by atoms with Crippen molar-refractivity contribution in [3.05, 3.63) is 54.6 Å². The summed E-state index contributed by atoms with van der Waals surface area (Å²) in [6.07, 6.45) is 2.52. The average molecular weight is 253 g/mol. The predicted molar refractivity (Wildman–Crippen MR) is 78.1 cm³/mol. The first kappa shape index (κ1) is 12.2. The molecular weight excluding hydrogens is 234 g/mol. The fraction of sp³-hybridized carbons (Fsp3) is 0.294. The van der Waals surface area contributed by atoms with E-state index in [2.05, 4.69) is 36.4 Å². The van der Waals surface area contributed by atoms with Gasteiger partial charge in [-0.3, -0.25) is 0 Å². The summed E-state index contributed by atoms with van der Waals surface area (Å²) < 4.78 is 5.73. The Morgan fingerprint density at radius 2 is 1.58 bits per heavy atom. The van der Waals surface area contributed by atoms with Crippen LogP contribution < -0.4 is 10.5 Å². The monoisotopic (exact) mass is 253 g/mol. The Hall–Kier alpha value is -1.80. The molecule has 0 unspecified atom stereocenters. The summed E-state index contributed by atoms with van der Waals surface area (Å²) in [7, 11) is 0. The molecule has 1 saturated carbocycles. The molecule has 1 fully saturated rings. The fourth-order valence-corrected chi connectivity index (χ4v) is 2.23. The maximum Gasteiger partial charge on any atom is 0.119 e. The molecule has 0 radical (unpaired) electrons. The molecule has 0 spiro atoms. The summed E-state index contributed by atoms with van der Waals surface area (Å²) in [6.45, 7) is 0.620. The summed E-state index contributed by atoms with van der Waals surface area (Å²) >= 11 is 0. The highest BCUT2D eigenvalue weighted by molar-refractivity contribution is 5.63. The summed E-state index contributed by atoms with van der Waals surface area (Å²) in [5, 5.41) is 0. The van der Waals surface area contributed by atoms with Crippen LogP contribution in [0.3, 0.4) is 0 Å². The van der Waals surface area contributed by atoms with Crippen LogP contribution in [0.5, 0.6) is 5.75 Å². The Bertz CT molecular complexity index is 517. The van der Waals surface area contributed by atoms with Crippen LogP contribution in [0.1, 0.15) is 12.8 Å². The van der Waals surface area contributed by atoms with Crippen molar-refractivity contribution in [1.29, 1.82) is 0 Å². The van der Waals surface area contributed by atoms with E-state index in [0.29, 0.717) is 12.5 Å². The number of nitrogens with two attached hydrogens (primary N) is 1. The highest BCUT2D eigenvalue weighted by Crippen LogP contribution is 2.31. The lowest BCUT2D eigenvalue weighted by Gasteiger charge is -2.12. The summed E-state index contributed by atoms with van der Waals surface area (Å²) in [5.74, 6) is 1.58. The maximum absolute atomic E-state index is 6.02. The fourth-order valence-electron chi connectivity index (χ4n) is 2.23. The van der Waals surface area contributed by atoms with E-state index >= 15 is 0 Å². The largest absolute Gasteiger partial charge is 0.492 e.